The van der Waals surface area contributed by atoms with E-state index in [4.69, 9.17) is 14.2 Å². The molecular weight excluding hydrogens is 390 g/mol. The average Bonchev–Trinajstić information content (AvgIpc) is 3.04. The monoisotopic (exact) mass is 417 g/mol. The molecule has 0 saturated heterocycles. The third kappa shape index (κ3) is 5.44. The van der Waals surface area contributed by atoms with Crippen LogP contribution < -0.4 is 9.47 Å². The zero-order chi connectivity index (χ0) is 21.5. The second-order valence-electron chi connectivity index (χ2n) is 7.53. The Hall–Kier alpha value is -3.31. The van der Waals surface area contributed by atoms with Crippen molar-refractivity contribution < 1.29 is 19.0 Å². The van der Waals surface area contributed by atoms with Gasteiger partial charge in [0, 0.05) is 17.7 Å². The lowest BCUT2D eigenvalue weighted by atomic mass is 10.1. The fourth-order valence-electron chi connectivity index (χ4n) is 3.65. The van der Waals surface area contributed by atoms with Crippen LogP contribution in [-0.4, -0.2) is 37.7 Å². The van der Waals surface area contributed by atoms with E-state index in [9.17, 15) is 4.79 Å². The Morgan fingerprint density at radius 3 is 2.58 bits per heavy atom. The lowest BCUT2D eigenvalue weighted by molar-refractivity contribution is 0.0733. The van der Waals surface area contributed by atoms with Gasteiger partial charge >= 0.3 is 0 Å². The summed E-state index contributed by atoms with van der Waals surface area (Å²) in [7, 11) is 1.61. The molecule has 0 bridgehead atoms. The van der Waals surface area contributed by atoms with Crippen LogP contribution in [0, 0.1) is 0 Å². The number of carbonyl (C=O) groups is 1. The number of carbonyl (C=O) groups excluding carboxylic acids is 1. The van der Waals surface area contributed by atoms with Crippen molar-refractivity contribution in [2.75, 3.05) is 26.9 Å². The number of hydrogen-bond donors (Lipinski definition) is 0. The first-order chi connectivity index (χ1) is 15.2. The van der Waals surface area contributed by atoms with E-state index in [1.807, 2.05) is 35.2 Å². The van der Waals surface area contributed by atoms with Gasteiger partial charge in [0.15, 0.2) is 0 Å². The van der Waals surface area contributed by atoms with Gasteiger partial charge in [-0.05, 0) is 53.9 Å². The minimum absolute atomic E-state index is 0.0105. The van der Waals surface area contributed by atoms with Crippen LogP contribution in [0.2, 0.25) is 0 Å². The molecule has 160 valence electrons. The summed E-state index contributed by atoms with van der Waals surface area (Å²) in [6.45, 7) is 2.73. The van der Waals surface area contributed by atoms with Gasteiger partial charge in [-0.15, -0.1) is 0 Å². The SMILES string of the molecule is COc1ccc(C(=O)N2CCOc3ccc(COCCc4ccccc4)cc3C2)cc1. The number of amides is 1. The Morgan fingerprint density at radius 2 is 1.81 bits per heavy atom. The molecular formula is C26H27NO4. The lowest BCUT2D eigenvalue weighted by Gasteiger charge is -2.20. The number of rotatable bonds is 7. The van der Waals surface area contributed by atoms with Crippen LogP contribution in [0.15, 0.2) is 72.8 Å². The smallest absolute Gasteiger partial charge is 0.254 e. The Bertz CT molecular complexity index is 1000. The van der Waals surface area contributed by atoms with E-state index in [0.29, 0.717) is 38.5 Å². The number of fused-ring (bicyclic) bond motifs is 1. The number of ether oxygens (including phenoxy) is 3. The highest BCUT2D eigenvalue weighted by Crippen LogP contribution is 2.26. The highest BCUT2D eigenvalue weighted by molar-refractivity contribution is 5.94. The van der Waals surface area contributed by atoms with Crippen LogP contribution in [-0.2, 0) is 24.3 Å². The van der Waals surface area contributed by atoms with Gasteiger partial charge in [0.05, 0.1) is 26.9 Å². The molecule has 0 unspecified atom stereocenters. The third-order valence-electron chi connectivity index (χ3n) is 5.38. The summed E-state index contributed by atoms with van der Waals surface area (Å²) < 4.78 is 16.9. The van der Waals surface area contributed by atoms with E-state index in [2.05, 4.69) is 18.2 Å². The molecule has 1 heterocycles. The average molecular weight is 418 g/mol. The van der Waals surface area contributed by atoms with E-state index in [1.165, 1.54) is 5.56 Å². The molecule has 0 aromatic heterocycles. The summed E-state index contributed by atoms with van der Waals surface area (Å²) in [5.74, 6) is 1.56. The topological polar surface area (TPSA) is 48.0 Å². The van der Waals surface area contributed by atoms with Crippen LogP contribution in [0.3, 0.4) is 0 Å². The Kier molecular flexibility index (Phi) is 6.85. The molecule has 0 spiro atoms. The van der Waals surface area contributed by atoms with Gasteiger partial charge in [0.1, 0.15) is 18.1 Å². The Labute approximate surface area is 183 Å². The molecule has 0 atom stereocenters. The normalized spacial score (nSPS) is 13.1. The van der Waals surface area contributed by atoms with Crippen molar-refractivity contribution in [1.29, 1.82) is 0 Å². The van der Waals surface area contributed by atoms with E-state index < -0.39 is 0 Å². The molecule has 31 heavy (non-hydrogen) atoms. The van der Waals surface area contributed by atoms with Gasteiger partial charge in [-0.25, -0.2) is 0 Å². The maximum absolute atomic E-state index is 13.0. The molecule has 1 aliphatic rings. The van der Waals surface area contributed by atoms with E-state index in [-0.39, 0.29) is 5.91 Å². The lowest BCUT2D eigenvalue weighted by Crippen LogP contribution is -2.32. The van der Waals surface area contributed by atoms with Gasteiger partial charge in [-0.1, -0.05) is 36.4 Å². The van der Waals surface area contributed by atoms with Crippen molar-refractivity contribution in [3.8, 4) is 11.5 Å². The van der Waals surface area contributed by atoms with Crippen LogP contribution in [0.1, 0.15) is 27.0 Å². The van der Waals surface area contributed by atoms with E-state index in [0.717, 1.165) is 29.0 Å². The standard InChI is InChI=1S/C26H27NO4/c1-29-24-10-8-22(9-11-24)26(28)27-14-16-31-25-12-7-21(17-23(25)18-27)19-30-15-13-20-5-3-2-4-6-20/h2-12,17H,13-16,18-19H2,1H3. The third-order valence-corrected chi connectivity index (χ3v) is 5.38. The largest absolute Gasteiger partial charge is 0.497 e. The number of methoxy groups -OCH3 is 1. The molecule has 5 nitrogen and oxygen atoms in total. The van der Waals surface area contributed by atoms with Gasteiger partial charge < -0.3 is 19.1 Å². The summed E-state index contributed by atoms with van der Waals surface area (Å²) in [4.78, 5) is 14.8. The van der Waals surface area contributed by atoms with Crippen molar-refractivity contribution in [3.63, 3.8) is 0 Å². The molecule has 0 fully saturated rings. The van der Waals surface area contributed by atoms with Gasteiger partial charge in [0.2, 0.25) is 0 Å². The predicted octanol–water partition coefficient (Wildman–Crippen LogP) is 4.49. The van der Waals surface area contributed by atoms with Crippen LogP contribution in [0.25, 0.3) is 0 Å². The van der Waals surface area contributed by atoms with Crippen molar-refractivity contribution in [2.24, 2.45) is 0 Å². The van der Waals surface area contributed by atoms with Crippen molar-refractivity contribution in [1.82, 2.24) is 4.90 Å². The highest BCUT2D eigenvalue weighted by atomic mass is 16.5. The zero-order valence-electron chi connectivity index (χ0n) is 17.8. The molecule has 0 saturated carbocycles. The van der Waals surface area contributed by atoms with Crippen molar-refractivity contribution in [2.45, 2.75) is 19.6 Å². The summed E-state index contributed by atoms with van der Waals surface area (Å²) >= 11 is 0. The predicted molar refractivity (Wildman–Crippen MR) is 119 cm³/mol. The second-order valence-corrected chi connectivity index (χ2v) is 7.53. The molecule has 1 amide bonds. The maximum Gasteiger partial charge on any atom is 0.254 e. The first-order valence-corrected chi connectivity index (χ1v) is 10.5. The molecule has 1 aliphatic heterocycles. The van der Waals surface area contributed by atoms with Gasteiger partial charge in [-0.3, -0.25) is 4.79 Å². The maximum atomic E-state index is 13.0. The quantitative estimate of drug-likeness (QED) is 0.532. The van der Waals surface area contributed by atoms with Crippen LogP contribution in [0.5, 0.6) is 11.5 Å². The summed E-state index contributed by atoms with van der Waals surface area (Å²) in [6, 6.07) is 23.6. The molecule has 0 N–H and O–H groups in total. The molecule has 0 aliphatic carbocycles. The molecule has 3 aromatic carbocycles. The second kappa shape index (κ2) is 10.1. The first-order valence-electron chi connectivity index (χ1n) is 10.5. The molecule has 5 heteroatoms. The summed E-state index contributed by atoms with van der Waals surface area (Å²) in [6.07, 6.45) is 0.888. The molecule has 0 radical (unpaired) electrons. The van der Waals surface area contributed by atoms with E-state index in [1.54, 1.807) is 31.4 Å². The number of hydrogen-bond acceptors (Lipinski definition) is 4. The first kappa shape index (κ1) is 20.9. The van der Waals surface area contributed by atoms with Crippen LogP contribution in [0.4, 0.5) is 0 Å². The fraction of sp³-hybridized carbons (Fsp3) is 0.269. The summed E-state index contributed by atoms with van der Waals surface area (Å²) in [5, 5.41) is 0. The van der Waals surface area contributed by atoms with E-state index >= 15 is 0 Å². The number of benzene rings is 3. The minimum Gasteiger partial charge on any atom is -0.497 e. The van der Waals surface area contributed by atoms with Gasteiger partial charge in [0.25, 0.3) is 5.91 Å². The fourth-order valence-corrected chi connectivity index (χ4v) is 3.65. The Balaban J connectivity index is 1.38. The zero-order valence-corrected chi connectivity index (χ0v) is 17.8. The summed E-state index contributed by atoms with van der Waals surface area (Å²) in [5.41, 5.74) is 3.99. The Morgan fingerprint density at radius 1 is 1.00 bits per heavy atom. The minimum atomic E-state index is -0.0105. The van der Waals surface area contributed by atoms with Gasteiger partial charge in [-0.2, -0.15) is 0 Å². The highest BCUT2D eigenvalue weighted by Gasteiger charge is 2.21. The van der Waals surface area contributed by atoms with Crippen molar-refractivity contribution >= 4 is 5.91 Å². The van der Waals surface area contributed by atoms with Crippen molar-refractivity contribution in [3.05, 3.63) is 95.1 Å². The van der Waals surface area contributed by atoms with Crippen LogP contribution >= 0.6 is 0 Å². The number of nitrogens with zero attached hydrogens (tertiary/aromatic N) is 1. The molecule has 4 rings (SSSR count). The molecule has 3 aromatic rings.